The van der Waals surface area contributed by atoms with Crippen molar-refractivity contribution in [3.63, 3.8) is 0 Å². The summed E-state index contributed by atoms with van der Waals surface area (Å²) in [5.74, 6) is -1.10. The van der Waals surface area contributed by atoms with E-state index in [-0.39, 0.29) is 19.4 Å². The normalized spacial score (nSPS) is 14.7. The Morgan fingerprint density at radius 2 is 1.22 bits per heavy atom. The molecule has 0 aromatic rings. The molecule has 0 aromatic heterocycles. The molecule has 0 amide bonds. The smallest absolute Gasteiger partial charge is 0.462 e. The second-order valence-electron chi connectivity index (χ2n) is 12.9. The molecule has 10 nitrogen and oxygen atoms in total. The van der Waals surface area contributed by atoms with Crippen molar-refractivity contribution in [1.82, 2.24) is 0 Å². The van der Waals surface area contributed by atoms with E-state index in [0.717, 1.165) is 51.4 Å². The molecule has 54 heavy (non-hydrogen) atoms. The third kappa shape index (κ3) is 38.6. The summed E-state index contributed by atoms with van der Waals surface area (Å²) in [4.78, 5) is 42.8. The molecule has 0 aliphatic rings. The lowest BCUT2D eigenvalue weighted by atomic mass is 10.1. The van der Waals surface area contributed by atoms with Gasteiger partial charge in [0.25, 0.3) is 0 Å². The lowest BCUT2D eigenvalue weighted by Gasteiger charge is -2.18. The molecule has 0 unspecified atom stereocenters. The van der Waals surface area contributed by atoms with Gasteiger partial charge in [-0.3, -0.25) is 14.1 Å². The zero-order valence-corrected chi connectivity index (χ0v) is 33.7. The molecule has 0 aliphatic carbocycles. The first-order chi connectivity index (χ1) is 26.1. The molecule has 3 atom stereocenters. The van der Waals surface area contributed by atoms with Gasteiger partial charge < -0.3 is 29.5 Å². The van der Waals surface area contributed by atoms with Gasteiger partial charge in [0.15, 0.2) is 6.10 Å². The number of aliphatic hydroxyl groups excluding tert-OH is 2. The van der Waals surface area contributed by atoms with Crippen molar-refractivity contribution in [1.29, 1.82) is 0 Å². The van der Waals surface area contributed by atoms with Crippen LogP contribution in [0.15, 0.2) is 97.2 Å². The van der Waals surface area contributed by atoms with Crippen molar-refractivity contribution in [2.75, 3.05) is 13.2 Å². The molecular weight excluding hydrogens is 707 g/mol. The molecule has 0 aromatic carbocycles. The summed E-state index contributed by atoms with van der Waals surface area (Å²) in [6, 6.07) is 0. The van der Waals surface area contributed by atoms with Gasteiger partial charge in [-0.2, -0.15) is 0 Å². The molecule has 0 spiro atoms. The Morgan fingerprint density at radius 3 is 1.91 bits per heavy atom. The zero-order chi connectivity index (χ0) is 40.0. The van der Waals surface area contributed by atoms with Crippen LogP contribution >= 0.6 is 7.82 Å². The standard InChI is InChI=1S/C43H69O10P/c1-3-5-7-8-9-10-11-12-13-14-15-16-20-23-29-36-43(47)53-41(38-52-54(48,49)50)37-51-42(46)35-30-24-28-34-40(45)33-27-22-19-17-18-21-26-32-39(44)31-25-6-4-2/h6,9-10,12-13,18-19,21-22,25-28,32-34,39-41,44-45H,3-5,7-8,11,14-17,20,23-24,29-31,35-38H2,1-2H3,(H2,48,49,50)/b10-9-,13-12-,21-18-,22-19-,25-6-,32-26+,33-27+,34-28-/t39-,40-,41-/m1/s1. The number of aliphatic hydroxyl groups is 2. The lowest BCUT2D eigenvalue weighted by molar-refractivity contribution is -0.161. The molecule has 0 heterocycles. The van der Waals surface area contributed by atoms with E-state index in [4.69, 9.17) is 19.3 Å². The SMILES string of the molecule is CC/C=C\C[C@@H](O)/C=C/C=C\C/C=C\C=C\[C@@H](O)/C=C\CCCC(=O)OC[C@H](COP(=O)(O)O)OC(=O)CCCCCCC/C=C\C/C=C\CCCCC. The van der Waals surface area contributed by atoms with Gasteiger partial charge in [0, 0.05) is 12.8 Å². The predicted octanol–water partition coefficient (Wildman–Crippen LogP) is 9.78. The molecule has 0 fully saturated rings. The maximum Gasteiger partial charge on any atom is 0.469 e. The molecule has 0 saturated carbocycles. The number of unbranched alkanes of at least 4 members (excludes halogenated alkanes) is 9. The van der Waals surface area contributed by atoms with Crippen LogP contribution in [0.2, 0.25) is 0 Å². The van der Waals surface area contributed by atoms with E-state index >= 15 is 0 Å². The lowest BCUT2D eigenvalue weighted by Crippen LogP contribution is -2.29. The first-order valence-electron chi connectivity index (χ1n) is 19.8. The van der Waals surface area contributed by atoms with Crippen molar-refractivity contribution in [2.45, 2.75) is 148 Å². The van der Waals surface area contributed by atoms with Gasteiger partial charge in [0.05, 0.1) is 18.8 Å². The topological polar surface area (TPSA) is 160 Å². The van der Waals surface area contributed by atoms with Crippen LogP contribution in [0, 0.1) is 0 Å². The van der Waals surface area contributed by atoms with Gasteiger partial charge in [-0.05, 0) is 70.6 Å². The van der Waals surface area contributed by atoms with E-state index in [0.29, 0.717) is 32.1 Å². The zero-order valence-electron chi connectivity index (χ0n) is 32.8. The fourth-order valence-corrected chi connectivity index (χ4v) is 5.15. The van der Waals surface area contributed by atoms with Gasteiger partial charge in [-0.15, -0.1) is 0 Å². The summed E-state index contributed by atoms with van der Waals surface area (Å²) in [5, 5.41) is 19.9. The Bertz CT molecular complexity index is 1220. The largest absolute Gasteiger partial charge is 0.469 e. The fraction of sp³-hybridized carbons (Fsp3) is 0.581. The summed E-state index contributed by atoms with van der Waals surface area (Å²) in [5.41, 5.74) is 0. The molecule has 0 radical (unpaired) electrons. The fourth-order valence-electron chi connectivity index (χ4n) is 4.79. The van der Waals surface area contributed by atoms with Gasteiger partial charge in [-0.25, -0.2) is 4.57 Å². The highest BCUT2D eigenvalue weighted by Crippen LogP contribution is 2.36. The van der Waals surface area contributed by atoms with Crippen molar-refractivity contribution in [3.8, 4) is 0 Å². The Balaban J connectivity index is 4.27. The maximum atomic E-state index is 12.4. The van der Waals surface area contributed by atoms with Gasteiger partial charge >= 0.3 is 19.8 Å². The van der Waals surface area contributed by atoms with Crippen LogP contribution in [0.1, 0.15) is 129 Å². The van der Waals surface area contributed by atoms with Crippen molar-refractivity contribution in [2.24, 2.45) is 0 Å². The van der Waals surface area contributed by atoms with E-state index in [1.807, 2.05) is 42.5 Å². The van der Waals surface area contributed by atoms with E-state index in [1.165, 1.54) is 19.3 Å². The maximum absolute atomic E-state index is 12.4. The minimum atomic E-state index is -4.81. The third-order valence-electron chi connectivity index (χ3n) is 7.76. The number of carbonyl (C=O) groups is 2. The Kier molecular flexibility index (Phi) is 34.7. The number of hydrogen-bond donors (Lipinski definition) is 4. The number of allylic oxidation sites excluding steroid dienone is 12. The highest BCUT2D eigenvalue weighted by molar-refractivity contribution is 7.46. The van der Waals surface area contributed by atoms with Gasteiger partial charge in [-0.1, -0.05) is 143 Å². The van der Waals surface area contributed by atoms with Crippen molar-refractivity contribution < 1.29 is 48.2 Å². The summed E-state index contributed by atoms with van der Waals surface area (Å²) in [6.45, 7) is 3.27. The number of phosphoric acid groups is 1. The Labute approximate surface area is 325 Å². The van der Waals surface area contributed by atoms with Crippen LogP contribution < -0.4 is 0 Å². The van der Waals surface area contributed by atoms with Crippen LogP contribution in [-0.4, -0.2) is 63.5 Å². The van der Waals surface area contributed by atoms with Crippen LogP contribution in [0.5, 0.6) is 0 Å². The Morgan fingerprint density at radius 1 is 0.611 bits per heavy atom. The van der Waals surface area contributed by atoms with Crippen LogP contribution in [0.4, 0.5) is 0 Å². The van der Waals surface area contributed by atoms with E-state index in [1.54, 1.807) is 30.4 Å². The average Bonchev–Trinajstić information content (AvgIpc) is 3.13. The second kappa shape index (κ2) is 36.8. The minimum absolute atomic E-state index is 0.0720. The number of ether oxygens (including phenoxy) is 2. The Hall–Kier alpha value is -3.11. The first-order valence-corrected chi connectivity index (χ1v) is 21.3. The number of carbonyl (C=O) groups excluding carboxylic acids is 2. The van der Waals surface area contributed by atoms with Crippen molar-refractivity contribution in [3.05, 3.63) is 97.2 Å². The number of esters is 2. The monoisotopic (exact) mass is 776 g/mol. The number of phosphoric ester groups is 1. The average molecular weight is 777 g/mol. The number of rotatable bonds is 34. The van der Waals surface area contributed by atoms with Crippen LogP contribution in [-0.2, 0) is 28.2 Å². The highest BCUT2D eigenvalue weighted by atomic mass is 31.2. The minimum Gasteiger partial charge on any atom is -0.462 e. The van der Waals surface area contributed by atoms with Crippen molar-refractivity contribution >= 4 is 19.8 Å². The van der Waals surface area contributed by atoms with Crippen LogP contribution in [0.25, 0.3) is 0 Å². The summed E-state index contributed by atoms with van der Waals surface area (Å²) in [7, 11) is -4.81. The molecule has 11 heteroatoms. The van der Waals surface area contributed by atoms with Gasteiger partial charge in [0.2, 0.25) is 0 Å². The first kappa shape index (κ1) is 50.9. The molecule has 0 rings (SSSR count). The molecule has 0 saturated heterocycles. The van der Waals surface area contributed by atoms with E-state index in [2.05, 4.69) is 42.7 Å². The molecule has 4 N–H and O–H groups in total. The molecule has 306 valence electrons. The van der Waals surface area contributed by atoms with Gasteiger partial charge in [0.1, 0.15) is 6.61 Å². The third-order valence-corrected chi connectivity index (χ3v) is 8.25. The van der Waals surface area contributed by atoms with Crippen LogP contribution in [0.3, 0.4) is 0 Å². The molecular formula is C43H69O10P. The summed E-state index contributed by atoms with van der Waals surface area (Å²) in [6.07, 6.45) is 43.4. The highest BCUT2D eigenvalue weighted by Gasteiger charge is 2.22. The molecule has 0 bridgehead atoms. The summed E-state index contributed by atoms with van der Waals surface area (Å²) >= 11 is 0. The number of hydrogen-bond acceptors (Lipinski definition) is 8. The second-order valence-corrected chi connectivity index (χ2v) is 14.2. The van der Waals surface area contributed by atoms with E-state index in [9.17, 15) is 24.4 Å². The molecule has 0 aliphatic heterocycles. The van der Waals surface area contributed by atoms with E-state index < -0.39 is 44.7 Å². The predicted molar refractivity (Wildman–Crippen MR) is 218 cm³/mol. The quantitative estimate of drug-likeness (QED) is 0.0163. The summed E-state index contributed by atoms with van der Waals surface area (Å²) < 4.78 is 26.2.